The average Bonchev–Trinajstić information content (AvgIpc) is 3.04. The topological polar surface area (TPSA) is 54.9 Å². The maximum atomic E-state index is 12.5. The molecular formula is C19H19N3OS2. The highest BCUT2D eigenvalue weighted by molar-refractivity contribution is 8.01. The molecule has 4 nitrogen and oxygen atoms in total. The van der Waals surface area contributed by atoms with Crippen LogP contribution < -0.4 is 5.32 Å². The molecule has 0 amide bonds. The molecule has 1 aromatic heterocycles. The molecule has 6 heteroatoms. The highest BCUT2D eigenvalue weighted by Gasteiger charge is 2.13. The van der Waals surface area contributed by atoms with E-state index in [0.29, 0.717) is 5.75 Å². The van der Waals surface area contributed by atoms with Gasteiger partial charge in [0.2, 0.25) is 5.13 Å². The molecule has 0 radical (unpaired) electrons. The van der Waals surface area contributed by atoms with Gasteiger partial charge >= 0.3 is 0 Å². The number of Topliss-reactive ketones (excluding diaryl/α,β-unsaturated/α-hetero) is 1. The number of carbonyl (C=O) groups is 1. The van der Waals surface area contributed by atoms with E-state index >= 15 is 0 Å². The third kappa shape index (κ3) is 4.46. The Hall–Kier alpha value is -2.18. The summed E-state index contributed by atoms with van der Waals surface area (Å²) in [5.74, 6) is 0.488. The highest BCUT2D eigenvalue weighted by Crippen LogP contribution is 2.28. The minimum atomic E-state index is 0.123. The summed E-state index contributed by atoms with van der Waals surface area (Å²) in [7, 11) is 0. The molecule has 0 bridgehead atoms. The molecule has 0 unspecified atom stereocenters. The second-order valence-electron chi connectivity index (χ2n) is 5.83. The molecule has 0 aliphatic rings. The van der Waals surface area contributed by atoms with Crippen LogP contribution in [-0.2, 0) is 0 Å². The second-order valence-corrected chi connectivity index (χ2v) is 8.03. The summed E-state index contributed by atoms with van der Waals surface area (Å²) < 4.78 is 0.785. The van der Waals surface area contributed by atoms with Gasteiger partial charge in [0.1, 0.15) is 0 Å². The molecule has 0 aliphatic heterocycles. The fourth-order valence-electron chi connectivity index (χ4n) is 2.43. The molecule has 1 heterocycles. The number of benzene rings is 2. The molecular weight excluding hydrogens is 350 g/mol. The van der Waals surface area contributed by atoms with E-state index in [1.54, 1.807) is 0 Å². The summed E-state index contributed by atoms with van der Waals surface area (Å²) >= 11 is 2.88. The van der Waals surface area contributed by atoms with Crippen molar-refractivity contribution in [3.05, 3.63) is 64.7 Å². The number of aryl methyl sites for hydroxylation is 3. The van der Waals surface area contributed by atoms with Gasteiger partial charge in [-0.3, -0.25) is 4.79 Å². The van der Waals surface area contributed by atoms with Crippen molar-refractivity contribution in [2.75, 3.05) is 11.1 Å². The van der Waals surface area contributed by atoms with E-state index in [-0.39, 0.29) is 5.78 Å². The first-order chi connectivity index (χ1) is 12.0. The second kappa shape index (κ2) is 7.80. The minimum absolute atomic E-state index is 0.123. The molecule has 2 aromatic carbocycles. The van der Waals surface area contributed by atoms with Crippen LogP contribution in [0.1, 0.15) is 27.0 Å². The number of nitrogens with zero attached hydrogens (tertiary/aromatic N) is 2. The molecule has 0 saturated carbocycles. The van der Waals surface area contributed by atoms with E-state index in [2.05, 4.69) is 28.5 Å². The fourth-order valence-corrected chi connectivity index (χ4v) is 4.09. The van der Waals surface area contributed by atoms with E-state index in [0.717, 1.165) is 31.8 Å². The first-order valence-corrected chi connectivity index (χ1v) is 9.72. The Balaban J connectivity index is 1.62. The highest BCUT2D eigenvalue weighted by atomic mass is 32.2. The maximum Gasteiger partial charge on any atom is 0.210 e. The number of rotatable bonds is 6. The lowest BCUT2D eigenvalue weighted by Crippen LogP contribution is -2.06. The van der Waals surface area contributed by atoms with Gasteiger partial charge in [-0.2, -0.15) is 0 Å². The first kappa shape index (κ1) is 17.6. The number of hydrogen-bond acceptors (Lipinski definition) is 6. The van der Waals surface area contributed by atoms with Crippen LogP contribution in [0.3, 0.4) is 0 Å². The number of anilines is 2. The van der Waals surface area contributed by atoms with Gasteiger partial charge in [0.25, 0.3) is 0 Å². The number of carbonyl (C=O) groups excluding carboxylic acids is 1. The lowest BCUT2D eigenvalue weighted by molar-refractivity contribution is 0.102. The van der Waals surface area contributed by atoms with Crippen LogP contribution in [-0.4, -0.2) is 21.7 Å². The Labute approximate surface area is 155 Å². The lowest BCUT2D eigenvalue weighted by Gasteiger charge is -2.08. The smallest absolute Gasteiger partial charge is 0.210 e. The molecule has 128 valence electrons. The first-order valence-electron chi connectivity index (χ1n) is 7.92. The van der Waals surface area contributed by atoms with Crippen LogP contribution in [0.15, 0.2) is 46.8 Å². The zero-order chi connectivity index (χ0) is 17.8. The van der Waals surface area contributed by atoms with E-state index in [1.807, 2.05) is 50.2 Å². The van der Waals surface area contributed by atoms with Crippen LogP contribution in [0.5, 0.6) is 0 Å². The molecule has 0 saturated heterocycles. The van der Waals surface area contributed by atoms with Crippen molar-refractivity contribution in [1.29, 1.82) is 0 Å². The Kier molecular flexibility index (Phi) is 5.50. The van der Waals surface area contributed by atoms with Gasteiger partial charge in [-0.15, -0.1) is 10.2 Å². The van der Waals surface area contributed by atoms with Crippen molar-refractivity contribution < 1.29 is 4.79 Å². The molecule has 3 rings (SSSR count). The molecule has 0 aliphatic carbocycles. The van der Waals surface area contributed by atoms with Gasteiger partial charge in [-0.25, -0.2) is 0 Å². The Morgan fingerprint density at radius 2 is 1.76 bits per heavy atom. The molecule has 25 heavy (non-hydrogen) atoms. The number of hydrogen-bond donors (Lipinski definition) is 1. The Bertz CT molecular complexity index is 891. The predicted octanol–water partition coefficient (Wildman–Crippen LogP) is 5.18. The lowest BCUT2D eigenvalue weighted by atomic mass is 9.99. The van der Waals surface area contributed by atoms with Crippen LogP contribution in [0.2, 0.25) is 0 Å². The fraction of sp³-hybridized carbons (Fsp3) is 0.211. The third-order valence-corrected chi connectivity index (χ3v) is 5.87. The summed E-state index contributed by atoms with van der Waals surface area (Å²) in [6.45, 7) is 6.08. The van der Waals surface area contributed by atoms with Crippen molar-refractivity contribution >= 4 is 39.7 Å². The Morgan fingerprint density at radius 1 is 1.04 bits per heavy atom. The minimum Gasteiger partial charge on any atom is -0.330 e. The molecule has 1 N–H and O–H groups in total. The maximum absolute atomic E-state index is 12.5. The van der Waals surface area contributed by atoms with E-state index in [1.165, 1.54) is 28.7 Å². The molecule has 0 spiro atoms. The van der Waals surface area contributed by atoms with E-state index in [9.17, 15) is 4.79 Å². The molecule has 0 atom stereocenters. The van der Waals surface area contributed by atoms with Gasteiger partial charge in [-0.1, -0.05) is 47.4 Å². The van der Waals surface area contributed by atoms with Crippen molar-refractivity contribution in [2.45, 2.75) is 25.1 Å². The SMILES string of the molecule is Cc1cc(C)c(C(=O)CSc2nnc(Nc3ccccc3)s2)cc1C. The zero-order valence-corrected chi connectivity index (χ0v) is 16.0. The number of nitrogens with one attached hydrogen (secondary N) is 1. The number of ketones is 1. The summed E-state index contributed by atoms with van der Waals surface area (Å²) in [4.78, 5) is 12.5. The Morgan fingerprint density at radius 3 is 2.52 bits per heavy atom. The summed E-state index contributed by atoms with van der Waals surface area (Å²) in [6.07, 6.45) is 0. The zero-order valence-electron chi connectivity index (χ0n) is 14.4. The van der Waals surface area contributed by atoms with Crippen molar-refractivity contribution in [3.8, 4) is 0 Å². The van der Waals surface area contributed by atoms with E-state index < -0.39 is 0 Å². The summed E-state index contributed by atoms with van der Waals surface area (Å²) in [5, 5.41) is 12.2. The molecule has 0 fully saturated rings. The quantitative estimate of drug-likeness (QED) is 0.479. The van der Waals surface area contributed by atoms with Crippen LogP contribution in [0, 0.1) is 20.8 Å². The normalized spacial score (nSPS) is 10.7. The van der Waals surface area contributed by atoms with Gasteiger partial charge in [-0.05, 0) is 55.7 Å². The van der Waals surface area contributed by atoms with Gasteiger partial charge < -0.3 is 5.32 Å². The largest absolute Gasteiger partial charge is 0.330 e. The predicted molar refractivity (Wildman–Crippen MR) is 105 cm³/mol. The summed E-state index contributed by atoms with van der Waals surface area (Å²) in [6, 6.07) is 13.9. The standard InChI is InChI=1S/C19H19N3OS2/c1-12-9-14(3)16(10-13(12)2)17(23)11-24-19-22-21-18(25-19)20-15-7-5-4-6-8-15/h4-10H,11H2,1-3H3,(H,20,21). The van der Waals surface area contributed by atoms with Gasteiger partial charge in [0, 0.05) is 11.3 Å². The average molecular weight is 370 g/mol. The van der Waals surface area contributed by atoms with Gasteiger partial charge in [0.15, 0.2) is 10.1 Å². The van der Waals surface area contributed by atoms with Crippen LogP contribution >= 0.6 is 23.1 Å². The number of para-hydroxylation sites is 1. The number of thioether (sulfide) groups is 1. The van der Waals surface area contributed by atoms with Crippen molar-refractivity contribution in [3.63, 3.8) is 0 Å². The van der Waals surface area contributed by atoms with Crippen molar-refractivity contribution in [2.24, 2.45) is 0 Å². The third-order valence-electron chi connectivity index (χ3n) is 3.90. The monoisotopic (exact) mass is 369 g/mol. The van der Waals surface area contributed by atoms with Gasteiger partial charge in [0.05, 0.1) is 5.75 Å². The van der Waals surface area contributed by atoms with E-state index in [4.69, 9.17) is 0 Å². The van der Waals surface area contributed by atoms with Crippen LogP contribution in [0.25, 0.3) is 0 Å². The van der Waals surface area contributed by atoms with Crippen LogP contribution in [0.4, 0.5) is 10.8 Å². The number of aromatic nitrogens is 2. The molecule has 3 aromatic rings. The summed E-state index contributed by atoms with van der Waals surface area (Å²) in [5.41, 5.74) is 5.14. The van der Waals surface area contributed by atoms with Crippen molar-refractivity contribution in [1.82, 2.24) is 10.2 Å².